The minimum absolute atomic E-state index is 0.0704. The molecule has 0 unspecified atom stereocenters. The summed E-state index contributed by atoms with van der Waals surface area (Å²) in [7, 11) is -2.37. The molecule has 3 rings (SSSR count). The fraction of sp³-hybridized carbons (Fsp3) is 0.455. The quantitative estimate of drug-likeness (QED) is 0.582. The van der Waals surface area contributed by atoms with E-state index in [1.54, 1.807) is 32.2 Å². The Morgan fingerprint density at radius 3 is 2.50 bits per heavy atom. The number of amides is 1. The van der Waals surface area contributed by atoms with E-state index in [0.717, 1.165) is 24.5 Å². The minimum Gasteiger partial charge on any atom is -0.497 e. The number of anilines is 1. The molecule has 1 atom stereocenters. The van der Waals surface area contributed by atoms with Gasteiger partial charge in [-0.15, -0.1) is 0 Å². The van der Waals surface area contributed by atoms with Gasteiger partial charge >= 0.3 is 0 Å². The number of sulfonamides is 1. The average molecular weight is 463 g/mol. The standard InChI is InChI=1S/C22H30N4O5S/c1-16(2)21(25-32(28,29)19-6-4-18(30-3)5-7-19)22(27)24-15-17-8-9-23-20(14-17)26-10-12-31-13-11-26/h4-9,14,16,21,25H,10-13,15H2,1-3H3,(H,24,27)/t21-/m0/s1. The van der Waals surface area contributed by atoms with Gasteiger partial charge in [-0.25, -0.2) is 13.4 Å². The van der Waals surface area contributed by atoms with Crippen LogP contribution in [0.25, 0.3) is 0 Å². The van der Waals surface area contributed by atoms with E-state index in [4.69, 9.17) is 9.47 Å². The third-order valence-electron chi connectivity index (χ3n) is 5.21. The molecular formula is C22H30N4O5S. The summed E-state index contributed by atoms with van der Waals surface area (Å²) in [5.74, 6) is 0.753. The Bertz CT molecular complexity index is 1010. The van der Waals surface area contributed by atoms with Gasteiger partial charge in [0.15, 0.2) is 0 Å². The first kappa shape index (κ1) is 24.0. The summed E-state index contributed by atoms with van der Waals surface area (Å²) in [6, 6.07) is 8.86. The number of carbonyl (C=O) groups is 1. The van der Waals surface area contributed by atoms with E-state index in [-0.39, 0.29) is 23.3 Å². The third-order valence-corrected chi connectivity index (χ3v) is 6.67. The molecule has 0 spiro atoms. The van der Waals surface area contributed by atoms with Gasteiger partial charge in [0.2, 0.25) is 15.9 Å². The van der Waals surface area contributed by atoms with Crippen LogP contribution in [-0.4, -0.2) is 58.8 Å². The molecule has 0 aliphatic carbocycles. The van der Waals surface area contributed by atoms with Crippen LogP contribution in [-0.2, 0) is 26.1 Å². The normalized spacial score (nSPS) is 15.4. The highest BCUT2D eigenvalue weighted by molar-refractivity contribution is 7.89. The number of ether oxygens (including phenoxy) is 2. The van der Waals surface area contributed by atoms with Crippen molar-refractivity contribution in [3.05, 3.63) is 48.2 Å². The lowest BCUT2D eigenvalue weighted by molar-refractivity contribution is -0.123. The molecule has 2 N–H and O–H groups in total. The number of pyridine rings is 1. The Morgan fingerprint density at radius 2 is 1.88 bits per heavy atom. The molecule has 0 radical (unpaired) electrons. The van der Waals surface area contributed by atoms with Crippen LogP contribution in [0.3, 0.4) is 0 Å². The van der Waals surface area contributed by atoms with E-state index in [0.29, 0.717) is 19.0 Å². The van der Waals surface area contributed by atoms with E-state index < -0.39 is 16.1 Å². The summed E-state index contributed by atoms with van der Waals surface area (Å²) in [5, 5.41) is 2.85. The van der Waals surface area contributed by atoms with Gasteiger partial charge in [-0.2, -0.15) is 4.72 Å². The monoisotopic (exact) mass is 462 g/mol. The van der Waals surface area contributed by atoms with Crippen LogP contribution in [0.2, 0.25) is 0 Å². The third kappa shape index (κ3) is 6.18. The van der Waals surface area contributed by atoms with Crippen molar-refractivity contribution in [1.82, 2.24) is 15.0 Å². The van der Waals surface area contributed by atoms with E-state index in [1.807, 2.05) is 12.1 Å². The van der Waals surface area contributed by atoms with Gasteiger partial charge in [-0.05, 0) is 47.9 Å². The molecule has 10 heteroatoms. The molecule has 174 valence electrons. The number of hydrogen-bond donors (Lipinski definition) is 2. The van der Waals surface area contributed by atoms with Gasteiger partial charge in [0, 0.05) is 25.8 Å². The first-order chi connectivity index (χ1) is 15.3. The number of nitrogens with zero attached hydrogens (tertiary/aromatic N) is 2. The second kappa shape index (κ2) is 10.8. The number of rotatable bonds is 9. The number of methoxy groups -OCH3 is 1. The van der Waals surface area contributed by atoms with Gasteiger partial charge in [-0.1, -0.05) is 13.8 Å². The SMILES string of the molecule is COc1ccc(S(=O)(=O)N[C@H](C(=O)NCc2ccnc(N3CCOCC3)c2)C(C)C)cc1. The van der Waals surface area contributed by atoms with Crippen LogP contribution in [0.15, 0.2) is 47.5 Å². The minimum atomic E-state index is -3.87. The lowest BCUT2D eigenvalue weighted by atomic mass is 10.0. The van der Waals surface area contributed by atoms with E-state index in [1.165, 1.54) is 19.2 Å². The smallest absolute Gasteiger partial charge is 0.241 e. The van der Waals surface area contributed by atoms with Crippen molar-refractivity contribution in [3.63, 3.8) is 0 Å². The predicted octanol–water partition coefficient (Wildman–Crippen LogP) is 1.55. The second-order valence-corrected chi connectivity index (χ2v) is 9.57. The first-order valence-electron chi connectivity index (χ1n) is 10.5. The molecule has 1 aromatic carbocycles. The molecule has 1 saturated heterocycles. The fourth-order valence-corrected chi connectivity index (χ4v) is 4.66. The molecule has 1 aromatic heterocycles. The number of benzene rings is 1. The summed E-state index contributed by atoms with van der Waals surface area (Å²) in [5.41, 5.74) is 0.885. The van der Waals surface area contributed by atoms with E-state index in [9.17, 15) is 13.2 Å². The molecule has 2 heterocycles. The van der Waals surface area contributed by atoms with Crippen LogP contribution in [0.1, 0.15) is 19.4 Å². The van der Waals surface area contributed by atoms with E-state index in [2.05, 4.69) is 19.9 Å². The Kier molecular flexibility index (Phi) is 8.05. The molecular weight excluding hydrogens is 432 g/mol. The average Bonchev–Trinajstić information content (AvgIpc) is 2.81. The van der Waals surface area contributed by atoms with Crippen LogP contribution in [0, 0.1) is 5.92 Å². The molecule has 0 saturated carbocycles. The molecule has 2 aromatic rings. The van der Waals surface area contributed by atoms with Crippen LogP contribution in [0.5, 0.6) is 5.75 Å². The van der Waals surface area contributed by atoms with Gasteiger partial charge in [-0.3, -0.25) is 4.79 Å². The summed E-state index contributed by atoms with van der Waals surface area (Å²) >= 11 is 0. The van der Waals surface area contributed by atoms with Crippen molar-refractivity contribution in [1.29, 1.82) is 0 Å². The van der Waals surface area contributed by atoms with Gasteiger partial charge in [0.25, 0.3) is 0 Å². The molecule has 1 aliphatic heterocycles. The Labute approximate surface area is 189 Å². The van der Waals surface area contributed by atoms with Crippen LogP contribution < -0.4 is 19.7 Å². The number of aromatic nitrogens is 1. The molecule has 9 nitrogen and oxygen atoms in total. The molecule has 1 amide bonds. The Hall–Kier alpha value is -2.69. The van der Waals surface area contributed by atoms with Crippen LogP contribution >= 0.6 is 0 Å². The summed E-state index contributed by atoms with van der Waals surface area (Å²) in [4.78, 5) is 19.5. The van der Waals surface area contributed by atoms with Crippen molar-refractivity contribution in [2.75, 3.05) is 38.3 Å². The highest BCUT2D eigenvalue weighted by Crippen LogP contribution is 2.17. The number of carbonyl (C=O) groups excluding carboxylic acids is 1. The zero-order valence-corrected chi connectivity index (χ0v) is 19.4. The second-order valence-electron chi connectivity index (χ2n) is 7.86. The Balaban J connectivity index is 1.65. The zero-order valence-electron chi connectivity index (χ0n) is 18.6. The van der Waals surface area contributed by atoms with Crippen LogP contribution in [0.4, 0.5) is 5.82 Å². The van der Waals surface area contributed by atoms with Crippen molar-refractivity contribution in [2.24, 2.45) is 5.92 Å². The molecule has 0 bridgehead atoms. The maximum atomic E-state index is 12.9. The van der Waals surface area contributed by atoms with Crippen molar-refractivity contribution in [3.8, 4) is 5.75 Å². The maximum Gasteiger partial charge on any atom is 0.241 e. The highest BCUT2D eigenvalue weighted by atomic mass is 32.2. The Morgan fingerprint density at radius 1 is 1.19 bits per heavy atom. The molecule has 1 aliphatic rings. The number of morpholine rings is 1. The largest absolute Gasteiger partial charge is 0.497 e. The summed E-state index contributed by atoms with van der Waals surface area (Å²) in [6.07, 6.45) is 1.71. The molecule has 32 heavy (non-hydrogen) atoms. The van der Waals surface area contributed by atoms with Gasteiger partial charge in [0.1, 0.15) is 17.6 Å². The lowest BCUT2D eigenvalue weighted by Gasteiger charge is -2.28. The van der Waals surface area contributed by atoms with Crippen molar-refractivity contribution >= 4 is 21.7 Å². The highest BCUT2D eigenvalue weighted by Gasteiger charge is 2.28. The topological polar surface area (TPSA) is 110 Å². The summed E-state index contributed by atoms with van der Waals surface area (Å²) < 4.78 is 38.5. The van der Waals surface area contributed by atoms with E-state index >= 15 is 0 Å². The fourth-order valence-electron chi connectivity index (χ4n) is 3.32. The number of nitrogens with one attached hydrogen (secondary N) is 2. The lowest BCUT2D eigenvalue weighted by Crippen LogP contribution is -2.49. The predicted molar refractivity (Wildman–Crippen MR) is 121 cm³/mol. The number of hydrogen-bond acceptors (Lipinski definition) is 7. The van der Waals surface area contributed by atoms with Gasteiger partial charge in [0.05, 0.1) is 25.2 Å². The first-order valence-corrected chi connectivity index (χ1v) is 12.0. The zero-order chi connectivity index (χ0) is 23.1. The summed E-state index contributed by atoms with van der Waals surface area (Å²) in [6.45, 7) is 6.72. The van der Waals surface area contributed by atoms with Crippen molar-refractivity contribution in [2.45, 2.75) is 31.3 Å². The van der Waals surface area contributed by atoms with Gasteiger partial charge < -0.3 is 19.7 Å². The molecule has 1 fully saturated rings. The van der Waals surface area contributed by atoms with Crippen molar-refractivity contribution < 1.29 is 22.7 Å². The maximum absolute atomic E-state index is 12.9.